The molecule has 84 valence electrons. The lowest BCUT2D eigenvalue weighted by molar-refractivity contribution is -0.134. The largest absolute Gasteiger partial charge is 0.425 e. The quantitative estimate of drug-likeness (QED) is 0.831. The van der Waals surface area contributed by atoms with Crippen molar-refractivity contribution in [1.82, 2.24) is 5.32 Å². The SMILES string of the molecule is FC(F)(F)c1ccc(CC2CCNC2)s1. The second kappa shape index (κ2) is 4.14. The van der Waals surface area contributed by atoms with Crippen LogP contribution in [0.3, 0.4) is 0 Å². The first-order valence-corrected chi connectivity index (χ1v) is 5.74. The maximum atomic E-state index is 12.3. The fourth-order valence-electron chi connectivity index (χ4n) is 1.81. The molecule has 15 heavy (non-hydrogen) atoms. The van der Waals surface area contributed by atoms with Gasteiger partial charge in [0.2, 0.25) is 0 Å². The molecule has 0 aromatic carbocycles. The van der Waals surface area contributed by atoms with E-state index in [2.05, 4.69) is 5.32 Å². The first-order valence-electron chi connectivity index (χ1n) is 4.92. The highest BCUT2D eigenvalue weighted by atomic mass is 32.1. The molecule has 0 bridgehead atoms. The summed E-state index contributed by atoms with van der Waals surface area (Å²) in [5.41, 5.74) is 0. The van der Waals surface area contributed by atoms with E-state index in [1.807, 2.05) is 0 Å². The molecule has 0 aliphatic carbocycles. The topological polar surface area (TPSA) is 12.0 Å². The van der Waals surface area contributed by atoms with Crippen LogP contribution in [-0.2, 0) is 12.6 Å². The van der Waals surface area contributed by atoms with Crippen LogP contribution in [0.25, 0.3) is 0 Å². The van der Waals surface area contributed by atoms with Gasteiger partial charge < -0.3 is 5.32 Å². The smallest absolute Gasteiger partial charge is 0.316 e. The van der Waals surface area contributed by atoms with Gasteiger partial charge in [0.05, 0.1) is 0 Å². The molecular weight excluding hydrogens is 223 g/mol. The van der Waals surface area contributed by atoms with Gasteiger partial charge in [-0.15, -0.1) is 11.3 Å². The number of rotatable bonds is 2. The van der Waals surface area contributed by atoms with E-state index in [1.54, 1.807) is 6.07 Å². The van der Waals surface area contributed by atoms with E-state index in [9.17, 15) is 13.2 Å². The van der Waals surface area contributed by atoms with E-state index in [-0.39, 0.29) is 0 Å². The molecule has 2 heterocycles. The molecule has 1 saturated heterocycles. The summed E-state index contributed by atoms with van der Waals surface area (Å²) in [6.07, 6.45) is -2.34. The molecule has 1 aromatic heterocycles. The Morgan fingerprint density at radius 2 is 2.20 bits per heavy atom. The first kappa shape index (κ1) is 11.0. The average Bonchev–Trinajstić information content (AvgIpc) is 2.73. The molecule has 0 amide bonds. The van der Waals surface area contributed by atoms with E-state index in [4.69, 9.17) is 0 Å². The Kier molecular flexibility index (Phi) is 3.02. The Balaban J connectivity index is 2.00. The zero-order valence-corrected chi connectivity index (χ0v) is 8.92. The van der Waals surface area contributed by atoms with Crippen LogP contribution in [0.4, 0.5) is 13.2 Å². The summed E-state index contributed by atoms with van der Waals surface area (Å²) in [5.74, 6) is 0.504. The van der Waals surface area contributed by atoms with Crippen molar-refractivity contribution in [2.45, 2.75) is 19.0 Å². The van der Waals surface area contributed by atoms with E-state index in [0.717, 1.165) is 42.1 Å². The third kappa shape index (κ3) is 2.72. The van der Waals surface area contributed by atoms with Gasteiger partial charge >= 0.3 is 6.18 Å². The van der Waals surface area contributed by atoms with Crippen LogP contribution in [-0.4, -0.2) is 13.1 Å². The van der Waals surface area contributed by atoms with Crippen LogP contribution in [0.5, 0.6) is 0 Å². The Morgan fingerprint density at radius 1 is 1.40 bits per heavy atom. The number of hydrogen-bond donors (Lipinski definition) is 1. The normalized spacial score (nSPS) is 22.2. The fraction of sp³-hybridized carbons (Fsp3) is 0.600. The van der Waals surface area contributed by atoms with Crippen LogP contribution in [0.2, 0.25) is 0 Å². The summed E-state index contributed by atoms with van der Waals surface area (Å²) in [7, 11) is 0. The molecule has 0 saturated carbocycles. The number of alkyl halides is 3. The highest BCUT2D eigenvalue weighted by Gasteiger charge is 2.32. The summed E-state index contributed by atoms with van der Waals surface area (Å²) >= 11 is 0.874. The Morgan fingerprint density at radius 3 is 2.73 bits per heavy atom. The number of hydrogen-bond acceptors (Lipinski definition) is 2. The Hall–Kier alpha value is -0.550. The predicted molar refractivity (Wildman–Crippen MR) is 54.0 cm³/mol. The Labute approximate surface area is 90.3 Å². The molecule has 1 unspecified atom stereocenters. The molecule has 1 N–H and O–H groups in total. The zero-order chi connectivity index (χ0) is 10.9. The van der Waals surface area contributed by atoms with Gasteiger partial charge in [-0.25, -0.2) is 0 Å². The lowest BCUT2D eigenvalue weighted by atomic mass is 10.0. The molecule has 1 aliphatic heterocycles. The van der Waals surface area contributed by atoms with Gasteiger partial charge in [0, 0.05) is 4.88 Å². The van der Waals surface area contributed by atoms with Crippen molar-refractivity contribution >= 4 is 11.3 Å². The second-order valence-electron chi connectivity index (χ2n) is 3.83. The first-order chi connectivity index (χ1) is 7.05. The molecule has 0 spiro atoms. The third-order valence-electron chi connectivity index (χ3n) is 2.59. The third-order valence-corrected chi connectivity index (χ3v) is 3.75. The predicted octanol–water partition coefficient (Wildman–Crippen LogP) is 2.92. The lowest BCUT2D eigenvalue weighted by Crippen LogP contribution is -2.10. The second-order valence-corrected chi connectivity index (χ2v) is 4.99. The van der Waals surface area contributed by atoms with Crippen LogP contribution in [0, 0.1) is 5.92 Å². The van der Waals surface area contributed by atoms with Gasteiger partial charge in [-0.1, -0.05) is 0 Å². The monoisotopic (exact) mass is 235 g/mol. The summed E-state index contributed by atoms with van der Waals surface area (Å²) < 4.78 is 36.9. The minimum Gasteiger partial charge on any atom is -0.316 e. The van der Waals surface area contributed by atoms with Crippen LogP contribution in [0.15, 0.2) is 12.1 Å². The minimum atomic E-state index is -4.18. The van der Waals surface area contributed by atoms with Gasteiger partial charge in [-0.3, -0.25) is 0 Å². The van der Waals surface area contributed by atoms with Crippen molar-refractivity contribution < 1.29 is 13.2 Å². The van der Waals surface area contributed by atoms with Crippen LogP contribution in [0.1, 0.15) is 16.2 Å². The molecule has 1 aromatic rings. The van der Waals surface area contributed by atoms with Gasteiger partial charge in [0.25, 0.3) is 0 Å². The van der Waals surface area contributed by atoms with Crippen molar-refractivity contribution in [3.63, 3.8) is 0 Å². The van der Waals surface area contributed by atoms with Crippen molar-refractivity contribution in [3.05, 3.63) is 21.9 Å². The van der Waals surface area contributed by atoms with E-state index >= 15 is 0 Å². The van der Waals surface area contributed by atoms with Crippen LogP contribution >= 0.6 is 11.3 Å². The molecule has 5 heteroatoms. The van der Waals surface area contributed by atoms with Crippen molar-refractivity contribution in [2.75, 3.05) is 13.1 Å². The molecule has 1 nitrogen and oxygen atoms in total. The molecule has 0 radical (unpaired) electrons. The highest BCUT2D eigenvalue weighted by molar-refractivity contribution is 7.12. The van der Waals surface area contributed by atoms with Gasteiger partial charge in [0.1, 0.15) is 4.88 Å². The van der Waals surface area contributed by atoms with Gasteiger partial charge in [-0.05, 0) is 44.0 Å². The van der Waals surface area contributed by atoms with Gasteiger partial charge in [0.15, 0.2) is 0 Å². The van der Waals surface area contributed by atoms with Crippen molar-refractivity contribution in [1.29, 1.82) is 0 Å². The summed E-state index contributed by atoms with van der Waals surface area (Å²) in [4.78, 5) is 0.361. The molecule has 1 aliphatic rings. The van der Waals surface area contributed by atoms with E-state index in [0.29, 0.717) is 5.92 Å². The summed E-state index contributed by atoms with van der Waals surface area (Å²) in [6, 6.07) is 2.79. The number of thiophene rings is 1. The van der Waals surface area contributed by atoms with Crippen molar-refractivity contribution in [3.8, 4) is 0 Å². The molecule has 1 fully saturated rings. The molecule has 2 rings (SSSR count). The van der Waals surface area contributed by atoms with Gasteiger partial charge in [-0.2, -0.15) is 13.2 Å². The van der Waals surface area contributed by atoms with E-state index < -0.39 is 11.1 Å². The lowest BCUT2D eigenvalue weighted by Gasteiger charge is -2.05. The molecule has 1 atom stereocenters. The maximum Gasteiger partial charge on any atom is 0.425 e. The number of nitrogens with one attached hydrogen (secondary N) is 1. The zero-order valence-electron chi connectivity index (χ0n) is 8.10. The summed E-state index contributed by atoms with van der Waals surface area (Å²) in [5, 5.41) is 3.21. The van der Waals surface area contributed by atoms with E-state index in [1.165, 1.54) is 6.07 Å². The van der Waals surface area contributed by atoms with Crippen LogP contribution < -0.4 is 5.32 Å². The Bertz CT molecular complexity index is 326. The minimum absolute atomic E-state index is 0.483. The van der Waals surface area contributed by atoms with Crippen molar-refractivity contribution in [2.24, 2.45) is 5.92 Å². The number of halogens is 3. The summed E-state index contributed by atoms with van der Waals surface area (Å²) in [6.45, 7) is 1.92. The standard InChI is InChI=1S/C10H12F3NS/c11-10(12,13)9-2-1-8(15-9)5-7-3-4-14-6-7/h1-2,7,14H,3-6H2. The fourth-order valence-corrected chi connectivity index (χ4v) is 2.80. The highest BCUT2D eigenvalue weighted by Crippen LogP contribution is 2.35. The maximum absolute atomic E-state index is 12.3. The average molecular weight is 235 g/mol. The molecular formula is C10H12F3NS.